The van der Waals surface area contributed by atoms with Crippen molar-refractivity contribution in [2.24, 2.45) is 5.73 Å². The largest absolute Gasteiger partial charge is 0.464 e. The van der Waals surface area contributed by atoms with Crippen molar-refractivity contribution < 1.29 is 9.21 Å². The maximum Gasteiger partial charge on any atom is 0.239 e. The molecule has 0 fully saturated rings. The highest BCUT2D eigenvalue weighted by Crippen LogP contribution is 2.25. The van der Waals surface area contributed by atoms with Crippen molar-refractivity contribution in [1.82, 2.24) is 5.32 Å². The number of furan rings is 1. The standard InChI is InChI=1S/C11H12N2O2/c1-13-10(11(12)14)8-6-15-9-5-3-2-4-7(8)9/h2-6,10,13H,1H3,(H2,12,14). The molecule has 0 aliphatic rings. The van der Waals surface area contributed by atoms with Crippen molar-refractivity contribution in [3.63, 3.8) is 0 Å². The average molecular weight is 204 g/mol. The molecule has 4 heteroatoms. The van der Waals surface area contributed by atoms with E-state index in [1.807, 2.05) is 24.3 Å². The average Bonchev–Trinajstić information content (AvgIpc) is 2.63. The Morgan fingerprint density at radius 3 is 2.87 bits per heavy atom. The molecular weight excluding hydrogens is 192 g/mol. The van der Waals surface area contributed by atoms with Gasteiger partial charge in [-0.3, -0.25) is 4.79 Å². The zero-order valence-corrected chi connectivity index (χ0v) is 8.36. The summed E-state index contributed by atoms with van der Waals surface area (Å²) in [6.07, 6.45) is 1.57. The van der Waals surface area contributed by atoms with Crippen LogP contribution >= 0.6 is 0 Å². The van der Waals surface area contributed by atoms with Crippen LogP contribution in [0, 0.1) is 0 Å². The summed E-state index contributed by atoms with van der Waals surface area (Å²) in [5.74, 6) is -0.413. The summed E-state index contributed by atoms with van der Waals surface area (Å²) < 4.78 is 5.33. The molecule has 1 heterocycles. The molecule has 0 aliphatic carbocycles. The normalized spacial score (nSPS) is 12.9. The number of hydrogen-bond acceptors (Lipinski definition) is 3. The number of para-hydroxylation sites is 1. The minimum absolute atomic E-state index is 0.413. The van der Waals surface area contributed by atoms with Crippen molar-refractivity contribution in [2.45, 2.75) is 6.04 Å². The maximum absolute atomic E-state index is 11.2. The Morgan fingerprint density at radius 2 is 2.20 bits per heavy atom. The Labute approximate surface area is 87.1 Å². The van der Waals surface area contributed by atoms with E-state index in [-0.39, 0.29) is 0 Å². The first-order valence-electron chi connectivity index (χ1n) is 4.66. The van der Waals surface area contributed by atoms with E-state index < -0.39 is 11.9 Å². The quantitative estimate of drug-likeness (QED) is 0.788. The Kier molecular flexibility index (Phi) is 2.43. The first-order chi connectivity index (χ1) is 7.24. The number of amides is 1. The first kappa shape index (κ1) is 9.73. The van der Waals surface area contributed by atoms with Gasteiger partial charge in [0.25, 0.3) is 0 Å². The SMILES string of the molecule is CNC(C(N)=O)c1coc2ccccc12. The van der Waals surface area contributed by atoms with Gasteiger partial charge in [-0.15, -0.1) is 0 Å². The number of benzene rings is 1. The smallest absolute Gasteiger partial charge is 0.239 e. The van der Waals surface area contributed by atoms with Crippen molar-refractivity contribution in [2.75, 3.05) is 7.05 Å². The number of hydrogen-bond donors (Lipinski definition) is 2. The molecular formula is C11H12N2O2. The fourth-order valence-corrected chi connectivity index (χ4v) is 1.67. The third kappa shape index (κ3) is 1.59. The second-order valence-electron chi connectivity index (χ2n) is 3.31. The van der Waals surface area contributed by atoms with Gasteiger partial charge in [-0.1, -0.05) is 18.2 Å². The van der Waals surface area contributed by atoms with Gasteiger partial charge in [-0.25, -0.2) is 0 Å². The molecule has 1 unspecified atom stereocenters. The van der Waals surface area contributed by atoms with Crippen LogP contribution < -0.4 is 11.1 Å². The summed E-state index contributed by atoms with van der Waals surface area (Å²) in [7, 11) is 1.69. The lowest BCUT2D eigenvalue weighted by Gasteiger charge is -2.09. The molecule has 0 saturated heterocycles. The minimum Gasteiger partial charge on any atom is -0.464 e. The summed E-state index contributed by atoms with van der Waals surface area (Å²) in [4.78, 5) is 11.2. The molecule has 1 amide bonds. The van der Waals surface area contributed by atoms with Gasteiger partial charge in [0, 0.05) is 10.9 Å². The van der Waals surface area contributed by atoms with Gasteiger partial charge in [-0.05, 0) is 13.1 Å². The summed E-state index contributed by atoms with van der Waals surface area (Å²) in [5.41, 5.74) is 6.82. The third-order valence-electron chi connectivity index (χ3n) is 2.40. The Balaban J connectivity index is 2.55. The van der Waals surface area contributed by atoms with E-state index in [1.165, 1.54) is 0 Å². The van der Waals surface area contributed by atoms with Crippen LogP contribution in [0.4, 0.5) is 0 Å². The zero-order valence-electron chi connectivity index (χ0n) is 8.36. The van der Waals surface area contributed by atoms with Gasteiger partial charge in [0.05, 0.1) is 6.26 Å². The molecule has 2 rings (SSSR count). The molecule has 78 valence electrons. The predicted octanol–water partition coefficient (Wildman–Crippen LogP) is 1.18. The van der Waals surface area contributed by atoms with E-state index in [0.717, 1.165) is 16.5 Å². The Bertz CT molecular complexity index is 490. The van der Waals surface area contributed by atoms with Crippen LogP contribution in [0.2, 0.25) is 0 Å². The fourth-order valence-electron chi connectivity index (χ4n) is 1.67. The minimum atomic E-state index is -0.506. The van der Waals surface area contributed by atoms with E-state index in [0.29, 0.717) is 0 Å². The van der Waals surface area contributed by atoms with Gasteiger partial charge in [0.15, 0.2) is 0 Å². The van der Waals surface area contributed by atoms with Crippen LogP contribution in [0.5, 0.6) is 0 Å². The second kappa shape index (κ2) is 3.74. The number of primary amides is 1. The molecule has 15 heavy (non-hydrogen) atoms. The molecule has 1 aromatic heterocycles. The summed E-state index contributed by atoms with van der Waals surface area (Å²) in [5, 5.41) is 3.77. The Hall–Kier alpha value is -1.81. The van der Waals surface area contributed by atoms with Gasteiger partial charge in [-0.2, -0.15) is 0 Å². The highest BCUT2D eigenvalue weighted by atomic mass is 16.3. The zero-order chi connectivity index (χ0) is 10.8. The van der Waals surface area contributed by atoms with E-state index in [2.05, 4.69) is 5.32 Å². The van der Waals surface area contributed by atoms with Crippen LogP contribution in [-0.2, 0) is 4.79 Å². The van der Waals surface area contributed by atoms with Crippen molar-refractivity contribution in [3.8, 4) is 0 Å². The van der Waals surface area contributed by atoms with Gasteiger partial charge >= 0.3 is 0 Å². The molecule has 0 radical (unpaired) electrons. The van der Waals surface area contributed by atoms with E-state index >= 15 is 0 Å². The number of nitrogens with two attached hydrogens (primary N) is 1. The molecule has 1 atom stereocenters. The molecule has 0 aliphatic heterocycles. The lowest BCUT2D eigenvalue weighted by Crippen LogP contribution is -2.30. The van der Waals surface area contributed by atoms with Gasteiger partial charge in [0.1, 0.15) is 11.6 Å². The molecule has 0 bridgehead atoms. The molecule has 2 aromatic rings. The van der Waals surface area contributed by atoms with Gasteiger partial charge in [0.2, 0.25) is 5.91 Å². The van der Waals surface area contributed by atoms with Crippen LogP contribution in [0.15, 0.2) is 34.9 Å². The van der Waals surface area contributed by atoms with Crippen LogP contribution in [0.1, 0.15) is 11.6 Å². The highest BCUT2D eigenvalue weighted by Gasteiger charge is 2.19. The molecule has 1 aromatic carbocycles. The Morgan fingerprint density at radius 1 is 1.47 bits per heavy atom. The van der Waals surface area contributed by atoms with E-state index in [9.17, 15) is 4.79 Å². The number of carbonyl (C=O) groups excluding carboxylic acids is 1. The second-order valence-corrected chi connectivity index (χ2v) is 3.31. The van der Waals surface area contributed by atoms with E-state index in [4.69, 9.17) is 10.2 Å². The molecule has 4 nitrogen and oxygen atoms in total. The molecule has 0 saturated carbocycles. The lowest BCUT2D eigenvalue weighted by molar-refractivity contribution is -0.120. The van der Waals surface area contributed by atoms with Crippen molar-refractivity contribution >= 4 is 16.9 Å². The fraction of sp³-hybridized carbons (Fsp3) is 0.182. The number of nitrogens with one attached hydrogen (secondary N) is 1. The number of carbonyl (C=O) groups is 1. The monoisotopic (exact) mass is 204 g/mol. The number of likely N-dealkylation sites (N-methyl/N-ethyl adjacent to an activating group) is 1. The summed E-state index contributed by atoms with van der Waals surface area (Å²) >= 11 is 0. The predicted molar refractivity (Wildman–Crippen MR) is 57.2 cm³/mol. The number of rotatable bonds is 3. The first-order valence-corrected chi connectivity index (χ1v) is 4.66. The number of fused-ring (bicyclic) bond motifs is 1. The van der Waals surface area contributed by atoms with Crippen molar-refractivity contribution in [1.29, 1.82) is 0 Å². The maximum atomic E-state index is 11.2. The molecule has 3 N–H and O–H groups in total. The van der Waals surface area contributed by atoms with Crippen LogP contribution in [0.3, 0.4) is 0 Å². The molecule has 0 spiro atoms. The lowest BCUT2D eigenvalue weighted by atomic mass is 10.1. The topological polar surface area (TPSA) is 68.3 Å². The van der Waals surface area contributed by atoms with Crippen LogP contribution in [0.25, 0.3) is 11.0 Å². The highest BCUT2D eigenvalue weighted by molar-refractivity contribution is 5.89. The van der Waals surface area contributed by atoms with Gasteiger partial charge < -0.3 is 15.5 Å². The van der Waals surface area contributed by atoms with Crippen LogP contribution in [-0.4, -0.2) is 13.0 Å². The van der Waals surface area contributed by atoms with E-state index in [1.54, 1.807) is 13.3 Å². The van der Waals surface area contributed by atoms with Crippen molar-refractivity contribution in [3.05, 3.63) is 36.1 Å². The summed E-state index contributed by atoms with van der Waals surface area (Å²) in [6, 6.07) is 7.03. The third-order valence-corrected chi connectivity index (χ3v) is 2.40. The summed E-state index contributed by atoms with van der Waals surface area (Å²) in [6.45, 7) is 0.